The maximum absolute atomic E-state index is 12.2. The second kappa shape index (κ2) is 7.35. The van der Waals surface area contributed by atoms with E-state index in [1.54, 1.807) is 14.0 Å². The SMILES string of the molecule is COc1ccc([C@H]2C3CCCCC3[C@@H]2NCc2c(O)nc(C)[nH]c2=O)cc1. The molecule has 2 saturated carbocycles. The predicted octanol–water partition coefficient (Wildman–Crippen LogP) is 2.85. The molecule has 4 atom stereocenters. The molecule has 1 aromatic carbocycles. The van der Waals surface area contributed by atoms with Gasteiger partial charge in [0.1, 0.15) is 11.6 Å². The Bertz CT molecular complexity index is 862. The number of rotatable bonds is 5. The maximum atomic E-state index is 12.2. The molecule has 0 aliphatic heterocycles. The minimum Gasteiger partial charge on any atom is -0.497 e. The number of nitrogens with zero attached hydrogens (tertiary/aromatic N) is 1. The number of hydrogen-bond donors (Lipinski definition) is 3. The normalized spacial score (nSPS) is 26.9. The summed E-state index contributed by atoms with van der Waals surface area (Å²) in [5.41, 5.74) is 1.36. The molecule has 0 radical (unpaired) electrons. The van der Waals surface area contributed by atoms with E-state index in [1.165, 1.54) is 31.2 Å². The lowest BCUT2D eigenvalue weighted by Crippen LogP contribution is -2.57. The maximum Gasteiger partial charge on any atom is 0.259 e. The van der Waals surface area contributed by atoms with Gasteiger partial charge in [-0.25, -0.2) is 4.98 Å². The highest BCUT2D eigenvalue weighted by Crippen LogP contribution is 2.54. The Morgan fingerprint density at radius 2 is 1.93 bits per heavy atom. The van der Waals surface area contributed by atoms with Crippen molar-refractivity contribution in [3.63, 3.8) is 0 Å². The number of H-pyrrole nitrogens is 1. The van der Waals surface area contributed by atoms with E-state index < -0.39 is 0 Å². The number of nitrogens with one attached hydrogen (secondary N) is 2. The molecule has 0 bridgehead atoms. The average Bonchev–Trinajstić information content (AvgIpc) is 2.65. The van der Waals surface area contributed by atoms with Crippen LogP contribution < -0.4 is 15.6 Å². The Morgan fingerprint density at radius 3 is 2.59 bits per heavy atom. The zero-order valence-electron chi connectivity index (χ0n) is 15.9. The van der Waals surface area contributed by atoms with Gasteiger partial charge in [0.05, 0.1) is 12.7 Å². The first-order chi connectivity index (χ1) is 13.1. The Morgan fingerprint density at radius 1 is 1.22 bits per heavy atom. The highest BCUT2D eigenvalue weighted by Gasteiger charge is 2.50. The number of benzene rings is 1. The van der Waals surface area contributed by atoms with Gasteiger partial charge >= 0.3 is 0 Å². The van der Waals surface area contributed by atoms with Gasteiger partial charge in [-0.3, -0.25) is 4.79 Å². The molecule has 2 aliphatic carbocycles. The van der Waals surface area contributed by atoms with Gasteiger partial charge in [0.25, 0.3) is 5.56 Å². The molecule has 6 nitrogen and oxygen atoms in total. The van der Waals surface area contributed by atoms with Crippen molar-refractivity contribution in [1.29, 1.82) is 0 Å². The number of methoxy groups -OCH3 is 1. The van der Waals surface area contributed by atoms with Crippen molar-refractivity contribution in [2.75, 3.05) is 7.11 Å². The number of aryl methyl sites for hydroxylation is 1. The summed E-state index contributed by atoms with van der Waals surface area (Å²) in [6.07, 6.45) is 5.05. The molecule has 2 aliphatic rings. The molecule has 2 aromatic rings. The summed E-state index contributed by atoms with van der Waals surface area (Å²) >= 11 is 0. The van der Waals surface area contributed by atoms with Gasteiger partial charge in [0.15, 0.2) is 0 Å². The molecular weight excluding hydrogens is 342 g/mol. The molecule has 0 amide bonds. The van der Waals surface area contributed by atoms with Crippen molar-refractivity contribution in [3.8, 4) is 11.6 Å². The van der Waals surface area contributed by atoms with Crippen LogP contribution in [0.2, 0.25) is 0 Å². The number of aromatic nitrogens is 2. The van der Waals surface area contributed by atoms with Gasteiger partial charge in [-0.2, -0.15) is 0 Å². The smallest absolute Gasteiger partial charge is 0.259 e. The van der Waals surface area contributed by atoms with Crippen LogP contribution in [0.4, 0.5) is 0 Å². The van der Waals surface area contributed by atoms with Crippen LogP contribution in [0.5, 0.6) is 11.6 Å². The number of aromatic amines is 1. The van der Waals surface area contributed by atoms with Crippen LogP contribution in [-0.2, 0) is 6.54 Å². The Labute approximate surface area is 159 Å². The molecule has 3 N–H and O–H groups in total. The molecule has 2 fully saturated rings. The lowest BCUT2D eigenvalue weighted by molar-refractivity contribution is 0.0252. The van der Waals surface area contributed by atoms with Crippen molar-refractivity contribution in [2.45, 2.75) is 51.1 Å². The average molecular weight is 369 g/mol. The van der Waals surface area contributed by atoms with Crippen LogP contribution in [0.15, 0.2) is 29.1 Å². The summed E-state index contributed by atoms with van der Waals surface area (Å²) in [5, 5.41) is 13.6. The molecular formula is C21H27N3O3. The van der Waals surface area contributed by atoms with E-state index in [0.29, 0.717) is 41.7 Å². The molecule has 2 unspecified atom stereocenters. The predicted molar refractivity (Wildman–Crippen MR) is 103 cm³/mol. The van der Waals surface area contributed by atoms with Crippen molar-refractivity contribution < 1.29 is 9.84 Å². The van der Waals surface area contributed by atoms with Crippen LogP contribution in [0.1, 0.15) is 48.6 Å². The minimum absolute atomic E-state index is 0.177. The molecule has 1 heterocycles. The molecule has 0 saturated heterocycles. The van der Waals surface area contributed by atoms with E-state index in [2.05, 4.69) is 27.4 Å². The summed E-state index contributed by atoms with van der Waals surface area (Å²) in [6, 6.07) is 8.65. The Kier molecular flexibility index (Phi) is 4.91. The van der Waals surface area contributed by atoms with Crippen molar-refractivity contribution in [1.82, 2.24) is 15.3 Å². The van der Waals surface area contributed by atoms with Gasteiger partial charge in [-0.15, -0.1) is 0 Å². The fourth-order valence-electron chi connectivity index (χ4n) is 5.00. The summed E-state index contributed by atoms with van der Waals surface area (Å²) in [6.45, 7) is 1.99. The van der Waals surface area contributed by atoms with Crippen molar-refractivity contribution in [2.24, 2.45) is 11.8 Å². The summed E-state index contributed by atoms with van der Waals surface area (Å²) in [4.78, 5) is 18.8. The van der Waals surface area contributed by atoms with Crippen LogP contribution in [-0.4, -0.2) is 28.2 Å². The van der Waals surface area contributed by atoms with E-state index in [4.69, 9.17) is 4.74 Å². The van der Waals surface area contributed by atoms with E-state index in [1.807, 2.05) is 12.1 Å². The number of ether oxygens (including phenoxy) is 1. The van der Waals surface area contributed by atoms with Gasteiger partial charge in [0.2, 0.25) is 5.88 Å². The standard InChI is InChI=1S/C21H27N3O3/c1-12-23-20(25)17(21(26)24-12)11-22-19-16-6-4-3-5-15(16)18(19)13-7-9-14(27-2)10-8-13/h7-10,15-16,18-19,22H,3-6,11H2,1-2H3,(H2,23,24,25,26)/t15?,16?,18-,19-/m0/s1. The summed E-state index contributed by atoms with van der Waals surface area (Å²) in [5.74, 6) is 2.86. The van der Waals surface area contributed by atoms with Crippen LogP contribution in [0.25, 0.3) is 0 Å². The molecule has 4 rings (SSSR count). The Hall–Kier alpha value is -2.34. The zero-order chi connectivity index (χ0) is 19.0. The molecule has 27 heavy (non-hydrogen) atoms. The highest BCUT2D eigenvalue weighted by molar-refractivity contribution is 5.34. The third kappa shape index (κ3) is 3.34. The minimum atomic E-state index is -0.270. The van der Waals surface area contributed by atoms with Gasteiger partial charge in [0, 0.05) is 18.5 Å². The van der Waals surface area contributed by atoms with E-state index in [9.17, 15) is 9.90 Å². The molecule has 1 aromatic heterocycles. The van der Waals surface area contributed by atoms with Crippen LogP contribution in [0, 0.1) is 18.8 Å². The van der Waals surface area contributed by atoms with Gasteiger partial charge < -0.3 is 20.1 Å². The van der Waals surface area contributed by atoms with Gasteiger partial charge in [-0.05, 0) is 49.3 Å². The van der Waals surface area contributed by atoms with Crippen molar-refractivity contribution in [3.05, 3.63) is 51.6 Å². The second-order valence-corrected chi connectivity index (χ2v) is 7.77. The number of aromatic hydroxyl groups is 1. The van der Waals surface area contributed by atoms with Crippen molar-refractivity contribution >= 4 is 0 Å². The number of fused-ring (bicyclic) bond motifs is 1. The molecule has 0 spiro atoms. The fraction of sp³-hybridized carbons (Fsp3) is 0.524. The third-order valence-electron chi connectivity index (χ3n) is 6.31. The molecule has 144 valence electrons. The highest BCUT2D eigenvalue weighted by atomic mass is 16.5. The first-order valence-corrected chi connectivity index (χ1v) is 9.74. The Balaban J connectivity index is 1.54. The zero-order valence-corrected chi connectivity index (χ0v) is 15.9. The summed E-state index contributed by atoms with van der Waals surface area (Å²) in [7, 11) is 1.68. The quantitative estimate of drug-likeness (QED) is 0.754. The fourth-order valence-corrected chi connectivity index (χ4v) is 5.00. The lowest BCUT2D eigenvalue weighted by Gasteiger charge is -2.55. The third-order valence-corrected chi connectivity index (χ3v) is 6.31. The topological polar surface area (TPSA) is 87.2 Å². The molecule has 6 heteroatoms. The van der Waals surface area contributed by atoms with E-state index in [-0.39, 0.29) is 11.4 Å². The first kappa shape index (κ1) is 18.0. The second-order valence-electron chi connectivity index (χ2n) is 7.77. The van der Waals surface area contributed by atoms with Crippen LogP contribution in [0.3, 0.4) is 0 Å². The van der Waals surface area contributed by atoms with E-state index in [0.717, 1.165) is 5.75 Å². The first-order valence-electron chi connectivity index (χ1n) is 9.74. The van der Waals surface area contributed by atoms with Gasteiger partial charge in [-0.1, -0.05) is 25.0 Å². The lowest BCUT2D eigenvalue weighted by atomic mass is 9.53. The largest absolute Gasteiger partial charge is 0.497 e. The summed E-state index contributed by atoms with van der Waals surface area (Å²) < 4.78 is 5.29. The monoisotopic (exact) mass is 369 g/mol. The van der Waals surface area contributed by atoms with Crippen LogP contribution >= 0.6 is 0 Å². The van der Waals surface area contributed by atoms with E-state index >= 15 is 0 Å². The number of hydrogen-bond acceptors (Lipinski definition) is 5.